The van der Waals surface area contributed by atoms with Gasteiger partial charge in [0.15, 0.2) is 11.9 Å². The topological polar surface area (TPSA) is 44.0 Å². The van der Waals surface area contributed by atoms with Crippen molar-refractivity contribution in [2.75, 3.05) is 0 Å². The molecular formula is C14H23NO2. The van der Waals surface area contributed by atoms with E-state index in [4.69, 9.17) is 9.90 Å². The van der Waals surface area contributed by atoms with E-state index in [1.54, 1.807) is 0 Å². The van der Waals surface area contributed by atoms with E-state index in [0.717, 1.165) is 13.5 Å². The number of hydrogen-bond donors (Lipinski definition) is 0. The molecule has 1 aromatic rings. The van der Waals surface area contributed by atoms with E-state index in [9.17, 15) is 0 Å². The average molecular weight is 237 g/mol. The molecule has 0 radical (unpaired) electrons. The molecule has 0 fully saturated rings. The van der Waals surface area contributed by atoms with Crippen molar-refractivity contribution < 1.29 is 14.5 Å². The third-order valence-corrected chi connectivity index (χ3v) is 2.29. The van der Waals surface area contributed by atoms with E-state index in [2.05, 4.69) is 42.8 Å². The lowest BCUT2D eigenvalue weighted by Gasteiger charge is -2.01. The molecule has 1 rings (SSSR count). The number of pyridine rings is 1. The Hall–Kier alpha value is -1.38. The summed E-state index contributed by atoms with van der Waals surface area (Å²) in [6, 6.07) is 6.49. The molecule has 0 aliphatic carbocycles. The van der Waals surface area contributed by atoms with E-state index in [-0.39, 0.29) is 0 Å². The fourth-order valence-corrected chi connectivity index (χ4v) is 1.56. The highest BCUT2D eigenvalue weighted by Gasteiger charge is 2.06. The molecule has 0 spiro atoms. The van der Waals surface area contributed by atoms with Crippen LogP contribution in [0.3, 0.4) is 0 Å². The Kier molecular flexibility index (Phi) is 9.02. The van der Waals surface area contributed by atoms with Gasteiger partial charge in [-0.25, -0.2) is 4.57 Å². The van der Waals surface area contributed by atoms with Crippen LogP contribution in [0, 0.1) is 0 Å². The Balaban J connectivity index is 0.000000557. The molecule has 0 aliphatic rings. The van der Waals surface area contributed by atoms with Crippen molar-refractivity contribution in [1.82, 2.24) is 0 Å². The van der Waals surface area contributed by atoms with Gasteiger partial charge in [-0.1, -0.05) is 26.3 Å². The zero-order chi connectivity index (χ0) is 13.1. The van der Waals surface area contributed by atoms with Crippen molar-refractivity contribution in [3.8, 4) is 0 Å². The summed E-state index contributed by atoms with van der Waals surface area (Å²) >= 11 is 0. The summed E-state index contributed by atoms with van der Waals surface area (Å²) in [5.74, 6) is -1.08. The van der Waals surface area contributed by atoms with Crippen molar-refractivity contribution in [2.24, 2.45) is 0 Å². The molecule has 1 aromatic heterocycles. The van der Waals surface area contributed by atoms with Crippen LogP contribution in [0.5, 0.6) is 0 Å². The first-order chi connectivity index (χ1) is 8.11. The van der Waals surface area contributed by atoms with Gasteiger partial charge in [0.1, 0.15) is 6.54 Å². The summed E-state index contributed by atoms with van der Waals surface area (Å²) in [6.45, 7) is 6.59. The lowest BCUT2D eigenvalue weighted by Crippen LogP contribution is -2.37. The van der Waals surface area contributed by atoms with E-state index < -0.39 is 5.97 Å². The number of aromatic nitrogens is 1. The zero-order valence-corrected chi connectivity index (χ0v) is 11.1. The third-order valence-electron chi connectivity index (χ3n) is 2.29. The summed E-state index contributed by atoms with van der Waals surface area (Å²) < 4.78 is 2.37. The van der Waals surface area contributed by atoms with Crippen LogP contribution in [0.2, 0.25) is 0 Å². The number of unbranched alkanes of at least 4 members (excludes halogenated alkanes) is 1. The minimum Gasteiger partial charge on any atom is -0.550 e. The van der Waals surface area contributed by atoms with Gasteiger partial charge in [-0.15, -0.1) is 0 Å². The van der Waals surface area contributed by atoms with Crippen LogP contribution in [0.4, 0.5) is 0 Å². The lowest BCUT2D eigenvalue weighted by molar-refractivity contribution is -0.704. The molecule has 0 saturated heterocycles. The molecule has 1 heterocycles. The summed E-state index contributed by atoms with van der Waals surface area (Å²) in [7, 11) is 0. The molecule has 3 heteroatoms. The Labute approximate surface area is 104 Å². The second kappa shape index (κ2) is 9.82. The smallest absolute Gasteiger partial charge is 0.181 e. The predicted molar refractivity (Wildman–Crippen MR) is 66.2 cm³/mol. The Bertz CT molecular complexity index is 320. The van der Waals surface area contributed by atoms with Gasteiger partial charge in [0.05, 0.1) is 0 Å². The van der Waals surface area contributed by atoms with Crippen LogP contribution in [-0.2, 0) is 17.8 Å². The molecule has 0 unspecified atom stereocenters. The first-order valence-electron chi connectivity index (χ1n) is 6.26. The standard InChI is InChI=1S/C12H20N.C2H4O2/c1-3-5-8-12-9-6-7-11-13(12)10-4-2;1-2(3)4/h6-7,9,11H,3-5,8,10H2,1-2H3;1H3,(H,3,4)/q+1;/p-1. The largest absolute Gasteiger partial charge is 0.550 e. The van der Waals surface area contributed by atoms with Gasteiger partial charge in [0.25, 0.3) is 0 Å². The lowest BCUT2D eigenvalue weighted by atomic mass is 10.2. The number of aryl methyl sites for hydroxylation is 2. The average Bonchev–Trinajstić information content (AvgIpc) is 2.28. The molecule has 3 nitrogen and oxygen atoms in total. The number of carbonyl (C=O) groups excluding carboxylic acids is 1. The second-order valence-electron chi connectivity index (χ2n) is 3.98. The van der Waals surface area contributed by atoms with Crippen molar-refractivity contribution in [2.45, 2.75) is 53.0 Å². The van der Waals surface area contributed by atoms with Crippen LogP contribution in [0.1, 0.15) is 45.7 Å². The van der Waals surface area contributed by atoms with E-state index in [1.165, 1.54) is 31.4 Å². The number of hydrogen-bond acceptors (Lipinski definition) is 2. The summed E-state index contributed by atoms with van der Waals surface area (Å²) in [4.78, 5) is 8.89. The molecule has 0 bridgehead atoms. The van der Waals surface area contributed by atoms with Gasteiger partial charge in [0, 0.05) is 30.9 Å². The maximum Gasteiger partial charge on any atom is 0.181 e. The van der Waals surface area contributed by atoms with Gasteiger partial charge in [0.2, 0.25) is 0 Å². The third kappa shape index (κ3) is 8.43. The second-order valence-corrected chi connectivity index (χ2v) is 3.98. The zero-order valence-electron chi connectivity index (χ0n) is 11.1. The molecule has 0 aliphatic heterocycles. The Morgan fingerprint density at radius 1 is 1.29 bits per heavy atom. The number of nitrogens with zero attached hydrogens (tertiary/aromatic N) is 1. The molecule has 0 aromatic carbocycles. The fraction of sp³-hybridized carbons (Fsp3) is 0.571. The molecular weight excluding hydrogens is 214 g/mol. The number of carbonyl (C=O) groups is 1. The molecule has 0 atom stereocenters. The SMILES string of the molecule is CC(=O)[O-].CCCCc1cccc[n+]1CCC. The van der Waals surface area contributed by atoms with Gasteiger partial charge in [-0.05, 0) is 13.3 Å². The van der Waals surface area contributed by atoms with Crippen molar-refractivity contribution >= 4 is 5.97 Å². The van der Waals surface area contributed by atoms with E-state index >= 15 is 0 Å². The minimum absolute atomic E-state index is 0.972. The summed E-state index contributed by atoms with van der Waals surface area (Å²) in [6.07, 6.45) is 7.20. The maximum absolute atomic E-state index is 8.89. The van der Waals surface area contributed by atoms with Crippen LogP contribution in [-0.4, -0.2) is 5.97 Å². The van der Waals surface area contributed by atoms with Crippen molar-refractivity contribution in [1.29, 1.82) is 0 Å². The number of rotatable bonds is 5. The number of aliphatic carboxylic acids is 1. The Morgan fingerprint density at radius 3 is 2.47 bits per heavy atom. The van der Waals surface area contributed by atoms with E-state index in [1.807, 2.05) is 0 Å². The summed E-state index contributed by atoms with van der Waals surface area (Å²) in [5.41, 5.74) is 1.48. The normalized spacial score (nSPS) is 9.35. The van der Waals surface area contributed by atoms with Gasteiger partial charge in [-0.2, -0.15) is 0 Å². The molecule has 0 saturated carbocycles. The van der Waals surface area contributed by atoms with Gasteiger partial charge < -0.3 is 9.90 Å². The van der Waals surface area contributed by atoms with E-state index in [0.29, 0.717) is 0 Å². The first kappa shape index (κ1) is 15.6. The molecule has 0 amide bonds. The van der Waals surface area contributed by atoms with Gasteiger partial charge >= 0.3 is 0 Å². The van der Waals surface area contributed by atoms with Crippen LogP contribution >= 0.6 is 0 Å². The Morgan fingerprint density at radius 2 is 1.94 bits per heavy atom. The highest BCUT2D eigenvalue weighted by Crippen LogP contribution is 1.99. The van der Waals surface area contributed by atoms with Crippen LogP contribution in [0.15, 0.2) is 24.4 Å². The monoisotopic (exact) mass is 237 g/mol. The van der Waals surface area contributed by atoms with Crippen molar-refractivity contribution in [3.05, 3.63) is 30.1 Å². The molecule has 0 N–H and O–H groups in total. The molecule has 96 valence electrons. The van der Waals surface area contributed by atoms with Crippen LogP contribution in [0.25, 0.3) is 0 Å². The first-order valence-corrected chi connectivity index (χ1v) is 6.26. The fourth-order valence-electron chi connectivity index (χ4n) is 1.56. The highest BCUT2D eigenvalue weighted by atomic mass is 16.4. The number of carboxylic acids is 1. The number of carboxylic acid groups (broad SMARTS) is 1. The highest BCUT2D eigenvalue weighted by molar-refractivity contribution is 5.60. The minimum atomic E-state index is -1.08. The molecule has 17 heavy (non-hydrogen) atoms. The maximum atomic E-state index is 8.89. The van der Waals surface area contributed by atoms with Gasteiger partial charge in [-0.3, -0.25) is 0 Å². The summed E-state index contributed by atoms with van der Waals surface area (Å²) in [5, 5.41) is 8.89. The quantitative estimate of drug-likeness (QED) is 0.728. The van der Waals surface area contributed by atoms with Crippen molar-refractivity contribution in [3.63, 3.8) is 0 Å². The predicted octanol–water partition coefficient (Wildman–Crippen LogP) is 1.48. The van der Waals surface area contributed by atoms with Crippen LogP contribution < -0.4 is 9.67 Å².